The van der Waals surface area contributed by atoms with Crippen molar-refractivity contribution in [3.05, 3.63) is 83.7 Å². The topological polar surface area (TPSA) is 89.9 Å². The number of hydrogen-bond donors (Lipinski definition) is 2. The number of aromatic carboxylic acids is 1. The summed E-state index contributed by atoms with van der Waals surface area (Å²) in [5, 5.41) is 9.46. The van der Waals surface area contributed by atoms with Crippen molar-refractivity contribution in [1.29, 1.82) is 0 Å². The van der Waals surface area contributed by atoms with E-state index in [0.717, 1.165) is 11.3 Å². The molecule has 3 aromatic rings. The molecule has 0 amide bonds. The average molecular weight is 498 g/mol. The Morgan fingerprint density at radius 2 is 1.51 bits per heavy atom. The highest BCUT2D eigenvalue weighted by molar-refractivity contribution is 7.92. The lowest BCUT2D eigenvalue weighted by Gasteiger charge is -2.38. The summed E-state index contributed by atoms with van der Waals surface area (Å²) in [5.74, 6) is -1.16. The summed E-state index contributed by atoms with van der Waals surface area (Å²) in [6, 6.07) is 17.4. The molecule has 0 spiro atoms. The van der Waals surface area contributed by atoms with Crippen LogP contribution in [0.5, 0.6) is 0 Å². The van der Waals surface area contributed by atoms with Gasteiger partial charge in [0.15, 0.2) is 0 Å². The highest BCUT2D eigenvalue weighted by Gasteiger charge is 2.23. The van der Waals surface area contributed by atoms with E-state index in [0.29, 0.717) is 31.9 Å². The fourth-order valence-corrected chi connectivity index (χ4v) is 5.18. The number of piperazine rings is 1. The van der Waals surface area contributed by atoms with Gasteiger partial charge in [0.25, 0.3) is 10.0 Å². The van der Waals surface area contributed by atoms with Crippen LogP contribution in [0.15, 0.2) is 71.6 Å². The molecule has 0 aliphatic carbocycles. The van der Waals surface area contributed by atoms with Crippen molar-refractivity contribution in [3.8, 4) is 0 Å². The molecule has 0 saturated carbocycles. The van der Waals surface area contributed by atoms with E-state index < -0.39 is 16.0 Å². The molecule has 7 nitrogen and oxygen atoms in total. The molecule has 0 atom stereocenters. The van der Waals surface area contributed by atoms with E-state index in [1.165, 1.54) is 24.3 Å². The Bertz CT molecular complexity index is 1300. The minimum atomic E-state index is -3.93. The van der Waals surface area contributed by atoms with Crippen molar-refractivity contribution >= 4 is 33.1 Å². The number of rotatable bonds is 7. The molecule has 1 fully saturated rings. The Balaban J connectivity index is 1.58. The Hall–Kier alpha value is -3.59. The number of carboxylic acids is 1. The number of carbonyl (C=O) groups is 1. The van der Waals surface area contributed by atoms with E-state index in [-0.39, 0.29) is 27.9 Å². The molecule has 4 rings (SSSR count). The van der Waals surface area contributed by atoms with Crippen LogP contribution in [0.2, 0.25) is 0 Å². The van der Waals surface area contributed by atoms with Crippen LogP contribution in [-0.4, -0.2) is 45.7 Å². The van der Waals surface area contributed by atoms with Gasteiger partial charge in [0.1, 0.15) is 5.82 Å². The molecule has 3 aromatic carbocycles. The molecule has 1 saturated heterocycles. The van der Waals surface area contributed by atoms with E-state index in [2.05, 4.69) is 9.62 Å². The number of sulfonamides is 1. The maximum Gasteiger partial charge on any atom is 0.335 e. The van der Waals surface area contributed by atoms with E-state index in [1.54, 1.807) is 42.5 Å². The molecule has 9 heteroatoms. The van der Waals surface area contributed by atoms with Crippen LogP contribution in [0.1, 0.15) is 35.7 Å². The van der Waals surface area contributed by atoms with Gasteiger partial charge in [-0.25, -0.2) is 17.6 Å². The monoisotopic (exact) mass is 497 g/mol. The van der Waals surface area contributed by atoms with E-state index in [4.69, 9.17) is 0 Å². The molecule has 35 heavy (non-hydrogen) atoms. The Labute approximate surface area is 204 Å². The highest BCUT2D eigenvalue weighted by atomic mass is 32.2. The number of benzene rings is 3. The van der Waals surface area contributed by atoms with Crippen LogP contribution >= 0.6 is 0 Å². The first-order valence-electron chi connectivity index (χ1n) is 11.4. The first-order chi connectivity index (χ1) is 16.6. The first-order valence-corrected chi connectivity index (χ1v) is 12.9. The highest BCUT2D eigenvalue weighted by Crippen LogP contribution is 2.31. The van der Waals surface area contributed by atoms with Crippen LogP contribution < -0.4 is 14.5 Å². The van der Waals surface area contributed by atoms with E-state index in [1.807, 2.05) is 18.7 Å². The molecule has 1 aliphatic heterocycles. The lowest BCUT2D eigenvalue weighted by atomic mass is 10.0. The number of hydrogen-bond acceptors (Lipinski definition) is 5. The van der Waals surface area contributed by atoms with Gasteiger partial charge in [-0.3, -0.25) is 4.72 Å². The largest absolute Gasteiger partial charge is 0.478 e. The maximum atomic E-state index is 13.3. The summed E-state index contributed by atoms with van der Waals surface area (Å²) in [4.78, 5) is 15.8. The third kappa shape index (κ3) is 5.57. The quantitative estimate of drug-likeness (QED) is 0.489. The summed E-state index contributed by atoms with van der Waals surface area (Å²) in [6.45, 7) is 6.52. The number of halogens is 1. The minimum Gasteiger partial charge on any atom is -0.478 e. The first kappa shape index (κ1) is 24.5. The van der Waals surface area contributed by atoms with Crippen LogP contribution in [0, 0.1) is 5.82 Å². The van der Waals surface area contributed by atoms with Crippen molar-refractivity contribution in [3.63, 3.8) is 0 Å². The van der Waals surface area contributed by atoms with Crippen molar-refractivity contribution in [2.24, 2.45) is 0 Å². The molecule has 0 radical (unpaired) electrons. The molecular formula is C26H28FN3O4S. The predicted molar refractivity (Wildman–Crippen MR) is 136 cm³/mol. The van der Waals surface area contributed by atoms with Gasteiger partial charge in [-0.1, -0.05) is 26.0 Å². The second-order valence-corrected chi connectivity index (χ2v) is 10.5. The lowest BCUT2D eigenvalue weighted by Crippen LogP contribution is -2.46. The third-order valence-corrected chi connectivity index (χ3v) is 7.54. The van der Waals surface area contributed by atoms with Gasteiger partial charge >= 0.3 is 5.97 Å². The maximum absolute atomic E-state index is 13.3. The van der Waals surface area contributed by atoms with Crippen LogP contribution in [-0.2, 0) is 10.0 Å². The molecule has 2 N–H and O–H groups in total. The molecule has 0 unspecified atom stereocenters. The summed E-state index contributed by atoms with van der Waals surface area (Å²) in [7, 11) is -3.93. The molecule has 0 aromatic heterocycles. The minimum absolute atomic E-state index is 0.00782. The molecule has 1 heterocycles. The van der Waals surface area contributed by atoms with Crippen LogP contribution in [0.25, 0.3) is 0 Å². The van der Waals surface area contributed by atoms with Crippen LogP contribution in [0.3, 0.4) is 0 Å². The van der Waals surface area contributed by atoms with Gasteiger partial charge in [-0.05, 0) is 66.1 Å². The van der Waals surface area contributed by atoms with E-state index >= 15 is 0 Å². The summed E-state index contributed by atoms with van der Waals surface area (Å²) in [6.07, 6.45) is 0. The lowest BCUT2D eigenvalue weighted by molar-refractivity contribution is 0.0697. The van der Waals surface area contributed by atoms with Gasteiger partial charge in [0, 0.05) is 31.9 Å². The predicted octanol–water partition coefficient (Wildman–Crippen LogP) is 4.77. The SMILES string of the molecule is CC(C)c1ccc(S(=O)(=O)Nc2cc(C(=O)O)ccc2N2CCN(c3ccc(F)cc3)CC2)cc1. The van der Waals surface area contributed by atoms with Crippen molar-refractivity contribution in [2.45, 2.75) is 24.7 Å². The summed E-state index contributed by atoms with van der Waals surface area (Å²) >= 11 is 0. The van der Waals surface area contributed by atoms with E-state index in [9.17, 15) is 22.7 Å². The van der Waals surface area contributed by atoms with Gasteiger partial charge in [0.05, 0.1) is 21.8 Å². The fourth-order valence-electron chi connectivity index (χ4n) is 4.12. The Morgan fingerprint density at radius 3 is 2.09 bits per heavy atom. The van der Waals surface area contributed by atoms with Gasteiger partial charge in [-0.15, -0.1) is 0 Å². The number of anilines is 3. The standard InChI is InChI=1S/C26H28FN3O4S/c1-18(2)19-3-10-23(11-4-19)35(33,34)28-24-17-20(26(31)32)5-12-25(24)30-15-13-29(14-16-30)22-8-6-21(27)7-9-22/h3-12,17-18,28H,13-16H2,1-2H3,(H,31,32). The van der Waals surface area contributed by atoms with Gasteiger partial charge in [0.2, 0.25) is 0 Å². The third-order valence-electron chi connectivity index (χ3n) is 6.16. The zero-order chi connectivity index (χ0) is 25.2. The summed E-state index contributed by atoms with van der Waals surface area (Å²) in [5.41, 5.74) is 2.75. The number of carboxylic acid groups (broad SMARTS) is 1. The normalized spacial score (nSPS) is 14.3. The molecule has 0 bridgehead atoms. The molecule has 184 valence electrons. The molecular weight excluding hydrogens is 469 g/mol. The zero-order valence-corrected chi connectivity index (χ0v) is 20.4. The second-order valence-electron chi connectivity index (χ2n) is 8.82. The Kier molecular flexibility index (Phi) is 6.98. The van der Waals surface area contributed by atoms with Crippen molar-refractivity contribution in [1.82, 2.24) is 0 Å². The average Bonchev–Trinajstić information content (AvgIpc) is 2.84. The fraction of sp³-hybridized carbons (Fsp3) is 0.269. The van der Waals surface area contributed by atoms with Crippen LogP contribution in [0.4, 0.5) is 21.5 Å². The number of nitrogens with one attached hydrogen (secondary N) is 1. The Morgan fingerprint density at radius 1 is 0.914 bits per heavy atom. The molecule has 1 aliphatic rings. The second kappa shape index (κ2) is 9.95. The van der Waals surface area contributed by atoms with Crippen molar-refractivity contribution < 1.29 is 22.7 Å². The summed E-state index contributed by atoms with van der Waals surface area (Å²) < 4.78 is 42.2. The van der Waals surface area contributed by atoms with Crippen molar-refractivity contribution in [2.75, 3.05) is 40.7 Å². The number of nitrogens with zero attached hydrogens (tertiary/aromatic N) is 2. The zero-order valence-electron chi connectivity index (χ0n) is 19.6. The smallest absolute Gasteiger partial charge is 0.335 e. The van der Waals surface area contributed by atoms with Gasteiger partial charge < -0.3 is 14.9 Å². The van der Waals surface area contributed by atoms with Gasteiger partial charge in [-0.2, -0.15) is 0 Å².